The van der Waals surface area contributed by atoms with Gasteiger partial charge in [-0.15, -0.1) is 0 Å². The molecule has 114 valence electrons. The second-order valence-corrected chi connectivity index (χ2v) is 7.18. The Morgan fingerprint density at radius 3 is 2.55 bits per heavy atom. The molecule has 0 atom stereocenters. The summed E-state index contributed by atoms with van der Waals surface area (Å²) in [4.78, 5) is 0. The lowest BCUT2D eigenvalue weighted by atomic mass is 10.1. The van der Waals surface area contributed by atoms with Crippen molar-refractivity contribution in [1.29, 1.82) is 0 Å². The molecule has 0 spiro atoms. The minimum atomic E-state index is 0.112. The summed E-state index contributed by atoms with van der Waals surface area (Å²) in [6.07, 6.45) is 4.94. The summed E-state index contributed by atoms with van der Waals surface area (Å²) < 4.78 is 7.04. The molecule has 0 aliphatic rings. The van der Waals surface area contributed by atoms with Crippen LogP contribution in [0.5, 0.6) is 5.75 Å². The van der Waals surface area contributed by atoms with Crippen LogP contribution >= 0.6 is 15.9 Å². The third-order valence-electron chi connectivity index (χ3n) is 3.09. The SMILES string of the molecule is CCCCCCOc1ccc(Br)cc1CNC(C)(C)C. The fourth-order valence-corrected chi connectivity index (χ4v) is 2.31. The van der Waals surface area contributed by atoms with Crippen LogP contribution in [0.15, 0.2) is 22.7 Å². The number of halogens is 1. The van der Waals surface area contributed by atoms with Crippen molar-refractivity contribution >= 4 is 15.9 Å². The summed E-state index contributed by atoms with van der Waals surface area (Å²) in [7, 11) is 0. The molecule has 2 nitrogen and oxygen atoms in total. The van der Waals surface area contributed by atoms with Crippen LogP contribution in [-0.2, 0) is 6.54 Å². The largest absolute Gasteiger partial charge is 0.493 e. The molecule has 0 amide bonds. The lowest BCUT2D eigenvalue weighted by Gasteiger charge is -2.22. The molecule has 0 aliphatic heterocycles. The fraction of sp³-hybridized carbons (Fsp3) is 0.647. The quantitative estimate of drug-likeness (QED) is 0.648. The molecule has 0 fully saturated rings. The van der Waals surface area contributed by atoms with Gasteiger partial charge in [-0.05, 0) is 45.4 Å². The summed E-state index contributed by atoms with van der Waals surface area (Å²) in [5.41, 5.74) is 1.32. The van der Waals surface area contributed by atoms with Crippen molar-refractivity contribution in [2.24, 2.45) is 0 Å². The van der Waals surface area contributed by atoms with Crippen LogP contribution in [0.2, 0.25) is 0 Å². The highest BCUT2D eigenvalue weighted by Gasteiger charge is 2.11. The second-order valence-electron chi connectivity index (χ2n) is 6.26. The van der Waals surface area contributed by atoms with E-state index < -0.39 is 0 Å². The zero-order chi connectivity index (χ0) is 15.0. The van der Waals surface area contributed by atoms with Gasteiger partial charge in [0.15, 0.2) is 0 Å². The molecular formula is C17H28BrNO. The second kappa shape index (κ2) is 8.68. The maximum Gasteiger partial charge on any atom is 0.123 e. The number of hydrogen-bond acceptors (Lipinski definition) is 2. The zero-order valence-electron chi connectivity index (χ0n) is 13.3. The first kappa shape index (κ1) is 17.5. The minimum Gasteiger partial charge on any atom is -0.493 e. The number of unbranched alkanes of at least 4 members (excludes halogenated alkanes) is 3. The van der Waals surface area contributed by atoms with E-state index in [-0.39, 0.29) is 5.54 Å². The lowest BCUT2D eigenvalue weighted by molar-refractivity contribution is 0.299. The predicted molar refractivity (Wildman–Crippen MR) is 90.4 cm³/mol. The Labute approximate surface area is 132 Å². The Kier molecular flexibility index (Phi) is 7.60. The molecule has 1 aromatic carbocycles. The average molecular weight is 342 g/mol. The van der Waals surface area contributed by atoms with Gasteiger partial charge in [-0.25, -0.2) is 0 Å². The first-order valence-electron chi connectivity index (χ1n) is 7.58. The summed E-state index contributed by atoms with van der Waals surface area (Å²) >= 11 is 3.54. The standard InChI is InChI=1S/C17H28BrNO/c1-5-6-7-8-11-20-16-10-9-15(18)12-14(16)13-19-17(2,3)4/h9-10,12,19H,5-8,11,13H2,1-4H3. The Morgan fingerprint density at radius 2 is 1.90 bits per heavy atom. The average Bonchev–Trinajstić information content (AvgIpc) is 2.37. The molecule has 0 aliphatic carbocycles. The van der Waals surface area contributed by atoms with E-state index in [1.165, 1.54) is 24.8 Å². The van der Waals surface area contributed by atoms with Crippen LogP contribution in [-0.4, -0.2) is 12.1 Å². The molecule has 20 heavy (non-hydrogen) atoms. The summed E-state index contributed by atoms with van der Waals surface area (Å²) in [5, 5.41) is 3.52. The van der Waals surface area contributed by atoms with Crippen LogP contribution in [0.4, 0.5) is 0 Å². The Bertz CT molecular complexity index is 398. The first-order chi connectivity index (χ1) is 9.42. The molecule has 0 heterocycles. The monoisotopic (exact) mass is 341 g/mol. The van der Waals surface area contributed by atoms with Crippen LogP contribution in [0.1, 0.15) is 58.9 Å². The molecule has 1 aromatic rings. The third-order valence-corrected chi connectivity index (χ3v) is 3.58. The van der Waals surface area contributed by atoms with Crippen molar-refractivity contribution < 1.29 is 4.74 Å². The molecule has 1 N–H and O–H groups in total. The number of benzene rings is 1. The third kappa shape index (κ3) is 7.30. The molecule has 0 aromatic heterocycles. The van der Waals surface area contributed by atoms with Crippen LogP contribution < -0.4 is 10.1 Å². The molecule has 0 radical (unpaired) electrons. The van der Waals surface area contributed by atoms with E-state index in [9.17, 15) is 0 Å². The van der Waals surface area contributed by atoms with Gasteiger partial charge in [-0.1, -0.05) is 42.1 Å². The van der Waals surface area contributed by atoms with E-state index in [1.54, 1.807) is 0 Å². The van der Waals surface area contributed by atoms with Gasteiger partial charge in [-0.2, -0.15) is 0 Å². The van der Waals surface area contributed by atoms with Crippen molar-refractivity contribution in [3.63, 3.8) is 0 Å². The summed E-state index contributed by atoms with van der Waals surface area (Å²) in [5.74, 6) is 1.00. The molecule has 0 unspecified atom stereocenters. The van der Waals surface area contributed by atoms with Crippen molar-refractivity contribution in [1.82, 2.24) is 5.32 Å². The van der Waals surface area contributed by atoms with Crippen molar-refractivity contribution in [2.45, 2.75) is 65.5 Å². The van der Waals surface area contributed by atoms with Gasteiger partial charge >= 0.3 is 0 Å². The van der Waals surface area contributed by atoms with Gasteiger partial charge in [0.25, 0.3) is 0 Å². The summed E-state index contributed by atoms with van der Waals surface area (Å²) in [6, 6.07) is 6.24. The van der Waals surface area contributed by atoms with E-state index in [0.717, 1.165) is 29.8 Å². The Balaban J connectivity index is 2.56. The molecule has 0 bridgehead atoms. The smallest absolute Gasteiger partial charge is 0.123 e. The van der Waals surface area contributed by atoms with Crippen molar-refractivity contribution in [3.05, 3.63) is 28.2 Å². The van der Waals surface area contributed by atoms with Gasteiger partial charge in [0.2, 0.25) is 0 Å². The Morgan fingerprint density at radius 1 is 1.15 bits per heavy atom. The normalized spacial score (nSPS) is 11.7. The number of nitrogens with one attached hydrogen (secondary N) is 1. The van der Waals surface area contributed by atoms with E-state index in [1.807, 2.05) is 6.07 Å². The highest BCUT2D eigenvalue weighted by molar-refractivity contribution is 9.10. The topological polar surface area (TPSA) is 21.3 Å². The van der Waals surface area contributed by atoms with Crippen LogP contribution in [0.25, 0.3) is 0 Å². The van der Waals surface area contributed by atoms with Crippen molar-refractivity contribution in [3.8, 4) is 5.75 Å². The highest BCUT2D eigenvalue weighted by Crippen LogP contribution is 2.24. The number of rotatable bonds is 8. The van der Waals surface area contributed by atoms with Crippen LogP contribution in [0.3, 0.4) is 0 Å². The van der Waals surface area contributed by atoms with E-state index >= 15 is 0 Å². The van der Waals surface area contributed by atoms with E-state index in [4.69, 9.17) is 4.74 Å². The molecule has 1 rings (SSSR count). The number of hydrogen-bond donors (Lipinski definition) is 1. The maximum atomic E-state index is 5.94. The minimum absolute atomic E-state index is 0.112. The van der Waals surface area contributed by atoms with Gasteiger partial charge in [0.1, 0.15) is 5.75 Å². The lowest BCUT2D eigenvalue weighted by Crippen LogP contribution is -2.35. The van der Waals surface area contributed by atoms with Crippen molar-refractivity contribution in [2.75, 3.05) is 6.61 Å². The van der Waals surface area contributed by atoms with Crippen LogP contribution in [0, 0.1) is 0 Å². The first-order valence-corrected chi connectivity index (χ1v) is 8.38. The molecule has 0 saturated carbocycles. The fourth-order valence-electron chi connectivity index (χ4n) is 1.90. The van der Waals surface area contributed by atoms with Gasteiger partial charge in [0, 0.05) is 22.1 Å². The van der Waals surface area contributed by atoms with Gasteiger partial charge < -0.3 is 10.1 Å². The maximum absolute atomic E-state index is 5.94. The number of ether oxygens (including phenoxy) is 1. The van der Waals surface area contributed by atoms with E-state index in [2.05, 4.69) is 61.1 Å². The predicted octanol–water partition coefficient (Wildman–Crippen LogP) is 5.30. The van der Waals surface area contributed by atoms with Gasteiger partial charge in [-0.3, -0.25) is 0 Å². The zero-order valence-corrected chi connectivity index (χ0v) is 14.8. The summed E-state index contributed by atoms with van der Waals surface area (Å²) in [6.45, 7) is 10.4. The van der Waals surface area contributed by atoms with Gasteiger partial charge in [0.05, 0.1) is 6.61 Å². The Hall–Kier alpha value is -0.540. The molecular weight excluding hydrogens is 314 g/mol. The van der Waals surface area contributed by atoms with E-state index in [0.29, 0.717) is 0 Å². The highest BCUT2D eigenvalue weighted by atomic mass is 79.9. The molecule has 0 saturated heterocycles. The molecule has 3 heteroatoms.